The predicted molar refractivity (Wildman–Crippen MR) is 61.9 cm³/mol. The van der Waals surface area contributed by atoms with Gasteiger partial charge >= 0.3 is 0 Å². The van der Waals surface area contributed by atoms with E-state index in [1.807, 2.05) is 0 Å². The number of Topliss-reactive ketones (excluding diaryl/α,β-unsaturated/α-hetero) is 1. The number of rotatable bonds is 7. The SMILES string of the molecule is CCC(C)CC(=O)CCCC1CCCO1. The highest BCUT2D eigenvalue weighted by Crippen LogP contribution is 2.18. The van der Waals surface area contributed by atoms with Crippen LogP contribution in [0.3, 0.4) is 0 Å². The fraction of sp³-hybridized carbons (Fsp3) is 0.923. The second-order valence-electron chi connectivity index (χ2n) is 4.78. The van der Waals surface area contributed by atoms with Gasteiger partial charge in [0, 0.05) is 19.4 Å². The quantitative estimate of drug-likeness (QED) is 0.647. The molecule has 0 aromatic heterocycles. The maximum atomic E-state index is 11.5. The smallest absolute Gasteiger partial charge is 0.133 e. The van der Waals surface area contributed by atoms with Gasteiger partial charge in [0.2, 0.25) is 0 Å². The van der Waals surface area contributed by atoms with E-state index in [9.17, 15) is 4.79 Å². The first kappa shape index (κ1) is 12.7. The summed E-state index contributed by atoms with van der Waals surface area (Å²) < 4.78 is 5.53. The molecule has 15 heavy (non-hydrogen) atoms. The molecule has 2 heteroatoms. The Morgan fingerprint density at radius 2 is 2.33 bits per heavy atom. The molecule has 0 aliphatic carbocycles. The highest BCUT2D eigenvalue weighted by atomic mass is 16.5. The standard InChI is InChI=1S/C13H24O2/c1-3-11(2)10-12(14)6-4-7-13-8-5-9-15-13/h11,13H,3-10H2,1-2H3. The second-order valence-corrected chi connectivity index (χ2v) is 4.78. The van der Waals surface area contributed by atoms with Gasteiger partial charge in [0.15, 0.2) is 0 Å². The van der Waals surface area contributed by atoms with Crippen LogP contribution < -0.4 is 0 Å². The lowest BCUT2D eigenvalue weighted by Gasteiger charge is -2.09. The number of hydrogen-bond acceptors (Lipinski definition) is 2. The maximum Gasteiger partial charge on any atom is 0.133 e. The van der Waals surface area contributed by atoms with E-state index in [4.69, 9.17) is 4.74 Å². The Morgan fingerprint density at radius 3 is 2.93 bits per heavy atom. The molecule has 1 aliphatic heterocycles. The van der Waals surface area contributed by atoms with Gasteiger partial charge < -0.3 is 4.74 Å². The topological polar surface area (TPSA) is 26.3 Å². The summed E-state index contributed by atoms with van der Waals surface area (Å²) in [7, 11) is 0. The Kier molecular flexibility index (Phi) is 5.92. The van der Waals surface area contributed by atoms with E-state index in [1.165, 1.54) is 12.8 Å². The zero-order chi connectivity index (χ0) is 11.1. The summed E-state index contributed by atoms with van der Waals surface area (Å²) in [6.45, 7) is 5.22. The van der Waals surface area contributed by atoms with Crippen molar-refractivity contribution in [3.8, 4) is 0 Å². The van der Waals surface area contributed by atoms with Crippen LogP contribution in [0.25, 0.3) is 0 Å². The molecule has 0 saturated carbocycles. The van der Waals surface area contributed by atoms with Crippen molar-refractivity contribution in [2.24, 2.45) is 5.92 Å². The second kappa shape index (κ2) is 7.00. The van der Waals surface area contributed by atoms with Gasteiger partial charge in [0.05, 0.1) is 6.10 Å². The summed E-state index contributed by atoms with van der Waals surface area (Å²) in [4.78, 5) is 11.5. The molecule has 1 aliphatic rings. The molecule has 2 atom stereocenters. The average Bonchev–Trinajstić information content (AvgIpc) is 2.70. The third-order valence-corrected chi connectivity index (χ3v) is 3.28. The summed E-state index contributed by atoms with van der Waals surface area (Å²) >= 11 is 0. The molecule has 2 unspecified atom stereocenters. The van der Waals surface area contributed by atoms with Crippen molar-refractivity contribution in [2.75, 3.05) is 6.61 Å². The summed E-state index contributed by atoms with van der Waals surface area (Å²) in [5.74, 6) is 0.988. The molecule has 0 aromatic rings. The van der Waals surface area contributed by atoms with Crippen LogP contribution in [-0.2, 0) is 9.53 Å². The van der Waals surface area contributed by atoms with E-state index in [0.29, 0.717) is 17.8 Å². The number of hydrogen-bond donors (Lipinski definition) is 0. The number of carbonyl (C=O) groups excluding carboxylic acids is 1. The van der Waals surface area contributed by atoms with Crippen LogP contribution in [-0.4, -0.2) is 18.5 Å². The van der Waals surface area contributed by atoms with Gasteiger partial charge in [0.1, 0.15) is 5.78 Å². The Bertz CT molecular complexity index is 183. The normalized spacial score (nSPS) is 22.9. The highest BCUT2D eigenvalue weighted by molar-refractivity contribution is 5.78. The van der Waals surface area contributed by atoms with Gasteiger partial charge in [0.25, 0.3) is 0 Å². The van der Waals surface area contributed by atoms with Gasteiger partial charge in [-0.3, -0.25) is 4.79 Å². The zero-order valence-corrected chi connectivity index (χ0v) is 10.1. The van der Waals surface area contributed by atoms with Crippen LogP contribution in [0, 0.1) is 5.92 Å². The Balaban J connectivity index is 2.01. The molecule has 0 bridgehead atoms. The molecule has 1 rings (SSSR count). The Hall–Kier alpha value is -0.370. The summed E-state index contributed by atoms with van der Waals surface area (Å²) in [6.07, 6.45) is 7.56. The van der Waals surface area contributed by atoms with Gasteiger partial charge in [-0.25, -0.2) is 0 Å². The average molecular weight is 212 g/mol. The molecular weight excluding hydrogens is 188 g/mol. The van der Waals surface area contributed by atoms with Crippen molar-refractivity contribution in [3.63, 3.8) is 0 Å². The minimum absolute atomic E-state index is 0.433. The van der Waals surface area contributed by atoms with Crippen molar-refractivity contribution in [2.45, 2.75) is 64.9 Å². The van der Waals surface area contributed by atoms with Crippen molar-refractivity contribution < 1.29 is 9.53 Å². The monoisotopic (exact) mass is 212 g/mol. The van der Waals surface area contributed by atoms with Gasteiger partial charge in [-0.05, 0) is 31.6 Å². The predicted octanol–water partition coefficient (Wildman–Crippen LogP) is 3.34. The lowest BCUT2D eigenvalue weighted by atomic mass is 9.98. The molecule has 0 radical (unpaired) electrons. The summed E-state index contributed by atoms with van der Waals surface area (Å²) in [5.41, 5.74) is 0. The third-order valence-electron chi connectivity index (χ3n) is 3.28. The fourth-order valence-electron chi connectivity index (χ4n) is 2.03. The highest BCUT2D eigenvalue weighted by Gasteiger charge is 2.15. The summed E-state index contributed by atoms with van der Waals surface area (Å²) in [5, 5.41) is 0. The van der Waals surface area contributed by atoms with Gasteiger partial charge in [-0.15, -0.1) is 0 Å². The lowest BCUT2D eigenvalue weighted by molar-refractivity contribution is -0.120. The van der Waals surface area contributed by atoms with E-state index >= 15 is 0 Å². The zero-order valence-electron chi connectivity index (χ0n) is 10.1. The van der Waals surface area contributed by atoms with Crippen LogP contribution in [0.1, 0.15) is 58.8 Å². The van der Waals surface area contributed by atoms with E-state index in [1.54, 1.807) is 0 Å². The van der Waals surface area contributed by atoms with Crippen molar-refractivity contribution in [3.05, 3.63) is 0 Å². The van der Waals surface area contributed by atoms with E-state index in [2.05, 4.69) is 13.8 Å². The number of ether oxygens (including phenoxy) is 1. The van der Waals surface area contributed by atoms with E-state index in [0.717, 1.165) is 38.7 Å². The number of ketones is 1. The molecule has 0 amide bonds. The third kappa shape index (κ3) is 5.31. The summed E-state index contributed by atoms with van der Waals surface area (Å²) in [6, 6.07) is 0. The molecule has 1 fully saturated rings. The lowest BCUT2D eigenvalue weighted by Crippen LogP contribution is -2.08. The van der Waals surface area contributed by atoms with Crippen LogP contribution in [0.5, 0.6) is 0 Å². The molecule has 2 nitrogen and oxygen atoms in total. The Labute approximate surface area is 93.4 Å². The first-order chi connectivity index (χ1) is 7.22. The first-order valence-corrected chi connectivity index (χ1v) is 6.35. The largest absolute Gasteiger partial charge is 0.378 e. The van der Waals surface area contributed by atoms with Crippen LogP contribution in [0.15, 0.2) is 0 Å². The molecule has 0 aromatic carbocycles. The van der Waals surface area contributed by atoms with E-state index < -0.39 is 0 Å². The molecule has 0 spiro atoms. The van der Waals surface area contributed by atoms with Crippen molar-refractivity contribution in [1.29, 1.82) is 0 Å². The molecular formula is C13H24O2. The van der Waals surface area contributed by atoms with Crippen LogP contribution in [0.4, 0.5) is 0 Å². The first-order valence-electron chi connectivity index (χ1n) is 6.35. The van der Waals surface area contributed by atoms with Crippen molar-refractivity contribution >= 4 is 5.78 Å². The fourth-order valence-corrected chi connectivity index (χ4v) is 2.03. The van der Waals surface area contributed by atoms with Gasteiger partial charge in [-0.1, -0.05) is 20.3 Å². The van der Waals surface area contributed by atoms with E-state index in [-0.39, 0.29) is 0 Å². The van der Waals surface area contributed by atoms with Crippen LogP contribution >= 0.6 is 0 Å². The molecule has 88 valence electrons. The number of carbonyl (C=O) groups is 1. The van der Waals surface area contributed by atoms with Gasteiger partial charge in [-0.2, -0.15) is 0 Å². The van der Waals surface area contributed by atoms with Crippen molar-refractivity contribution in [1.82, 2.24) is 0 Å². The Morgan fingerprint density at radius 1 is 1.53 bits per heavy atom. The minimum atomic E-state index is 0.433. The van der Waals surface area contributed by atoms with Crippen LogP contribution in [0.2, 0.25) is 0 Å². The minimum Gasteiger partial charge on any atom is -0.378 e. The maximum absolute atomic E-state index is 11.5. The molecule has 0 N–H and O–H groups in total. The molecule has 1 heterocycles. The molecule has 1 saturated heterocycles.